The summed E-state index contributed by atoms with van der Waals surface area (Å²) < 4.78 is 0. The normalized spacial score (nSPS) is 12.7. The van der Waals surface area contributed by atoms with E-state index in [-0.39, 0.29) is 32.7 Å². The molecule has 0 saturated carbocycles. The summed E-state index contributed by atoms with van der Waals surface area (Å²) in [7, 11) is 0. The SMILES string of the molecule is CC/C=C(\C)CC/C=C(\C)C[CH-]/C=C(\C)CCC=C(C)C.[Y]. The smallest absolute Gasteiger partial charge is 0 e. The van der Waals surface area contributed by atoms with Crippen molar-refractivity contribution in [2.75, 3.05) is 0 Å². The molecule has 0 atom stereocenters. The van der Waals surface area contributed by atoms with Gasteiger partial charge in [-0.2, -0.15) is 0 Å². The maximum Gasteiger partial charge on any atom is 0 e. The zero-order valence-corrected chi connectivity index (χ0v) is 18.5. The largest absolute Gasteiger partial charge is 0.229 e. The van der Waals surface area contributed by atoms with E-state index in [0.29, 0.717) is 0 Å². The monoisotopic (exact) mass is 376 g/mol. The maximum atomic E-state index is 2.38. The van der Waals surface area contributed by atoms with Crippen LogP contribution in [0, 0.1) is 6.42 Å². The van der Waals surface area contributed by atoms with Gasteiger partial charge in [0.1, 0.15) is 0 Å². The topological polar surface area (TPSA) is 0 Å². The first kappa shape index (κ1) is 24.2. The Kier molecular flexibility index (Phi) is 17.4. The first-order chi connectivity index (χ1) is 9.95. The van der Waals surface area contributed by atoms with Crippen LogP contribution in [0.2, 0.25) is 0 Å². The standard InChI is InChI=1S/C21H35.Y/c1-7-11-19(4)14-9-15-21(6)17-10-16-20(5)13-8-12-18(2)3;/h10-12,15-16H,7-9,13-14,17H2,1-6H3;/q-1;/b19-11+,20-16+,21-15+;. The van der Waals surface area contributed by atoms with Crippen LogP contribution < -0.4 is 0 Å². The zero-order chi connectivity index (χ0) is 16.1. The van der Waals surface area contributed by atoms with Crippen molar-refractivity contribution in [1.29, 1.82) is 0 Å². The minimum Gasteiger partial charge on any atom is -0.229 e. The number of rotatable bonds is 10. The quantitative estimate of drug-likeness (QED) is 0.276. The molecule has 0 saturated heterocycles. The average molecular weight is 376 g/mol. The van der Waals surface area contributed by atoms with E-state index in [9.17, 15) is 0 Å². The van der Waals surface area contributed by atoms with Crippen LogP contribution in [0.5, 0.6) is 0 Å². The molecule has 1 radical (unpaired) electrons. The Morgan fingerprint density at radius 3 is 1.95 bits per heavy atom. The summed E-state index contributed by atoms with van der Waals surface area (Å²) in [6.07, 6.45) is 18.6. The van der Waals surface area contributed by atoms with Crippen LogP contribution in [0.1, 0.15) is 80.1 Å². The van der Waals surface area contributed by atoms with Crippen molar-refractivity contribution < 1.29 is 32.7 Å². The Morgan fingerprint density at radius 2 is 1.36 bits per heavy atom. The van der Waals surface area contributed by atoms with Gasteiger partial charge >= 0.3 is 0 Å². The predicted octanol–water partition coefficient (Wildman–Crippen LogP) is 7.35. The molecular weight excluding hydrogens is 341 g/mol. The molecule has 0 fully saturated rings. The molecule has 0 bridgehead atoms. The van der Waals surface area contributed by atoms with Gasteiger partial charge in [0.25, 0.3) is 0 Å². The van der Waals surface area contributed by atoms with Crippen LogP contribution in [0.3, 0.4) is 0 Å². The summed E-state index contributed by atoms with van der Waals surface area (Å²) in [5.41, 5.74) is 5.88. The van der Waals surface area contributed by atoms with E-state index in [0.717, 1.165) is 19.3 Å². The molecule has 0 aromatic carbocycles. The van der Waals surface area contributed by atoms with Gasteiger partial charge in [-0.05, 0) is 53.4 Å². The molecule has 0 aromatic heterocycles. The van der Waals surface area contributed by atoms with Gasteiger partial charge in [0.15, 0.2) is 0 Å². The van der Waals surface area contributed by atoms with Crippen molar-refractivity contribution >= 4 is 0 Å². The van der Waals surface area contributed by atoms with Gasteiger partial charge < -0.3 is 0 Å². The van der Waals surface area contributed by atoms with E-state index in [1.165, 1.54) is 41.6 Å². The third kappa shape index (κ3) is 16.3. The minimum atomic E-state index is 0. The molecule has 1 heteroatoms. The van der Waals surface area contributed by atoms with E-state index < -0.39 is 0 Å². The molecule has 0 N–H and O–H groups in total. The van der Waals surface area contributed by atoms with Gasteiger partial charge in [-0.1, -0.05) is 54.7 Å². The summed E-state index contributed by atoms with van der Waals surface area (Å²) in [4.78, 5) is 0. The second-order valence-electron chi connectivity index (χ2n) is 6.32. The summed E-state index contributed by atoms with van der Waals surface area (Å²) in [6, 6.07) is 0. The van der Waals surface area contributed by atoms with E-state index >= 15 is 0 Å². The maximum absolute atomic E-state index is 2.38. The van der Waals surface area contributed by atoms with Crippen LogP contribution in [-0.2, 0) is 32.7 Å². The molecular formula is C21H35Y-. The molecule has 0 nitrogen and oxygen atoms in total. The molecule has 22 heavy (non-hydrogen) atoms. The minimum absolute atomic E-state index is 0. The molecule has 0 rings (SSSR count). The predicted molar refractivity (Wildman–Crippen MR) is 98.4 cm³/mol. The Labute approximate surface area is 165 Å². The molecule has 0 aliphatic heterocycles. The molecule has 0 amide bonds. The van der Waals surface area contributed by atoms with Crippen molar-refractivity contribution in [3.63, 3.8) is 0 Å². The van der Waals surface area contributed by atoms with E-state index in [2.05, 4.69) is 72.3 Å². The van der Waals surface area contributed by atoms with Crippen LogP contribution >= 0.6 is 0 Å². The molecule has 123 valence electrons. The van der Waals surface area contributed by atoms with Gasteiger partial charge in [0.05, 0.1) is 0 Å². The second kappa shape index (κ2) is 15.8. The number of hydrogen-bond donors (Lipinski definition) is 0. The fourth-order valence-corrected chi connectivity index (χ4v) is 2.20. The van der Waals surface area contributed by atoms with Crippen LogP contribution in [0.25, 0.3) is 0 Å². The fourth-order valence-electron chi connectivity index (χ4n) is 2.20. The Morgan fingerprint density at radius 1 is 0.773 bits per heavy atom. The van der Waals surface area contributed by atoms with E-state index in [1.54, 1.807) is 0 Å². The van der Waals surface area contributed by atoms with Gasteiger partial charge in [-0.15, -0.1) is 6.92 Å². The van der Waals surface area contributed by atoms with Crippen molar-refractivity contribution in [1.82, 2.24) is 0 Å². The van der Waals surface area contributed by atoms with Crippen LogP contribution in [-0.4, -0.2) is 0 Å². The van der Waals surface area contributed by atoms with Crippen molar-refractivity contribution in [3.05, 3.63) is 53.0 Å². The van der Waals surface area contributed by atoms with Gasteiger partial charge in [0.2, 0.25) is 0 Å². The van der Waals surface area contributed by atoms with Crippen LogP contribution in [0.15, 0.2) is 46.6 Å². The van der Waals surface area contributed by atoms with E-state index in [4.69, 9.17) is 0 Å². The zero-order valence-electron chi connectivity index (χ0n) is 15.7. The summed E-state index contributed by atoms with van der Waals surface area (Å²) in [5.74, 6) is 0. The molecule has 0 aliphatic carbocycles. The van der Waals surface area contributed by atoms with E-state index in [1.807, 2.05) is 0 Å². The number of allylic oxidation sites excluding steroid dienone is 8. The third-order valence-corrected chi connectivity index (χ3v) is 3.52. The first-order valence-electron chi connectivity index (χ1n) is 8.39. The summed E-state index contributed by atoms with van der Waals surface area (Å²) in [6.45, 7) is 13.2. The second-order valence-corrected chi connectivity index (χ2v) is 6.32. The molecule has 0 unspecified atom stereocenters. The van der Waals surface area contributed by atoms with Crippen LogP contribution in [0.4, 0.5) is 0 Å². The molecule has 0 spiro atoms. The van der Waals surface area contributed by atoms with Crippen molar-refractivity contribution in [2.24, 2.45) is 0 Å². The Bertz CT molecular complexity index is 390. The Hall–Kier alpha value is -0.0661. The van der Waals surface area contributed by atoms with Gasteiger partial charge in [-0.3, -0.25) is 0 Å². The number of hydrogen-bond acceptors (Lipinski definition) is 0. The van der Waals surface area contributed by atoms with Gasteiger partial charge in [-0.25, -0.2) is 18.1 Å². The molecule has 0 aliphatic rings. The van der Waals surface area contributed by atoms with Crippen molar-refractivity contribution in [3.8, 4) is 0 Å². The average Bonchev–Trinajstić information content (AvgIpc) is 2.38. The summed E-state index contributed by atoms with van der Waals surface area (Å²) >= 11 is 0. The third-order valence-electron chi connectivity index (χ3n) is 3.52. The van der Waals surface area contributed by atoms with Gasteiger partial charge in [0, 0.05) is 32.7 Å². The fraction of sp³-hybridized carbons (Fsp3) is 0.571. The van der Waals surface area contributed by atoms with Crippen molar-refractivity contribution in [2.45, 2.75) is 80.1 Å². The first-order valence-corrected chi connectivity index (χ1v) is 8.39. The summed E-state index contributed by atoms with van der Waals surface area (Å²) in [5, 5.41) is 0. The molecule has 0 heterocycles. The molecule has 0 aromatic rings. The Balaban J connectivity index is 0.